The Hall–Kier alpha value is -0.790. The highest BCUT2D eigenvalue weighted by molar-refractivity contribution is 9.10. The third kappa shape index (κ3) is 4.96. The molecule has 0 aromatic heterocycles. The lowest BCUT2D eigenvalue weighted by Crippen LogP contribution is -2.34. The second-order valence-electron chi connectivity index (χ2n) is 4.33. The van der Waals surface area contributed by atoms with Gasteiger partial charge in [0, 0.05) is 16.1 Å². The van der Waals surface area contributed by atoms with Gasteiger partial charge in [-0.2, -0.15) is 13.2 Å². The number of ether oxygens (including phenoxy) is 1. The Bertz CT molecular complexity index is 440. The van der Waals surface area contributed by atoms with E-state index in [0.717, 1.165) is 12.1 Å². The lowest BCUT2D eigenvalue weighted by molar-refractivity contribution is -0.210. The average Bonchev–Trinajstić information content (AvgIpc) is 2.35. The van der Waals surface area contributed by atoms with Crippen molar-refractivity contribution in [3.8, 4) is 5.75 Å². The van der Waals surface area contributed by atoms with Crippen LogP contribution in [0.1, 0.15) is 25.5 Å². The largest absolute Gasteiger partial charge is 0.490 e. The molecule has 2 N–H and O–H groups in total. The molecule has 0 radical (unpaired) electrons. The first-order valence-corrected chi connectivity index (χ1v) is 6.95. The zero-order chi connectivity index (χ0) is 15.3. The number of aliphatic hydroxyl groups excluding tert-OH is 1. The highest BCUT2D eigenvalue weighted by Crippen LogP contribution is 2.30. The van der Waals surface area contributed by atoms with Crippen molar-refractivity contribution in [2.24, 2.45) is 0 Å². The van der Waals surface area contributed by atoms with Crippen LogP contribution in [0.4, 0.5) is 13.2 Å². The van der Waals surface area contributed by atoms with Crippen molar-refractivity contribution >= 4 is 15.9 Å². The van der Waals surface area contributed by atoms with Crippen LogP contribution >= 0.6 is 15.9 Å². The summed E-state index contributed by atoms with van der Waals surface area (Å²) in [5.74, 6) is 0.316. The minimum absolute atomic E-state index is 0.0638. The Morgan fingerprint density at radius 1 is 1.40 bits per heavy atom. The first-order chi connectivity index (χ1) is 9.25. The normalized spacial score (nSPS) is 14.9. The minimum Gasteiger partial charge on any atom is -0.490 e. The summed E-state index contributed by atoms with van der Waals surface area (Å²) in [6.45, 7) is 3.72. The van der Waals surface area contributed by atoms with Gasteiger partial charge in [-0.05, 0) is 25.6 Å². The molecular formula is C13H17BrF3NO2. The monoisotopic (exact) mass is 355 g/mol. The second-order valence-corrected chi connectivity index (χ2v) is 5.25. The fourth-order valence-corrected chi connectivity index (χ4v) is 2.01. The van der Waals surface area contributed by atoms with Crippen LogP contribution in [0.25, 0.3) is 0 Å². The average molecular weight is 356 g/mol. The summed E-state index contributed by atoms with van der Waals surface area (Å²) in [6, 6.07) is 5.08. The van der Waals surface area contributed by atoms with E-state index in [4.69, 9.17) is 9.84 Å². The number of benzene rings is 1. The Morgan fingerprint density at radius 3 is 2.60 bits per heavy atom. The third-order valence-electron chi connectivity index (χ3n) is 2.73. The lowest BCUT2D eigenvalue weighted by atomic mass is 10.1. The van der Waals surface area contributed by atoms with Crippen LogP contribution < -0.4 is 10.1 Å². The van der Waals surface area contributed by atoms with Crippen LogP contribution in [0.2, 0.25) is 0 Å². The van der Waals surface area contributed by atoms with Gasteiger partial charge in [0.1, 0.15) is 12.4 Å². The summed E-state index contributed by atoms with van der Waals surface area (Å²) in [5, 5.41) is 12.1. The summed E-state index contributed by atoms with van der Waals surface area (Å²) in [4.78, 5) is 0. The summed E-state index contributed by atoms with van der Waals surface area (Å²) in [5.41, 5.74) is 0.740. The van der Waals surface area contributed by atoms with Crippen LogP contribution in [0.15, 0.2) is 22.7 Å². The molecule has 0 amide bonds. The number of rotatable bonds is 6. The molecule has 1 rings (SSSR count). The molecular weight excluding hydrogens is 339 g/mol. The van der Waals surface area contributed by atoms with Crippen LogP contribution in [0.5, 0.6) is 5.75 Å². The number of alkyl halides is 3. The van der Waals surface area contributed by atoms with Gasteiger partial charge in [0.25, 0.3) is 0 Å². The van der Waals surface area contributed by atoms with Gasteiger partial charge in [0.15, 0.2) is 6.10 Å². The SMILES string of the molecule is CCNC(C)c1ccc(Br)cc1OCC(O)C(F)(F)F. The maximum absolute atomic E-state index is 12.3. The highest BCUT2D eigenvalue weighted by atomic mass is 79.9. The summed E-state index contributed by atoms with van der Waals surface area (Å²) < 4.78 is 42.6. The van der Waals surface area contributed by atoms with Crippen molar-refractivity contribution in [2.45, 2.75) is 32.2 Å². The molecule has 3 nitrogen and oxygen atoms in total. The molecule has 7 heteroatoms. The third-order valence-corrected chi connectivity index (χ3v) is 3.22. The smallest absolute Gasteiger partial charge is 0.417 e. The molecule has 0 spiro atoms. The maximum atomic E-state index is 12.3. The molecule has 1 aromatic carbocycles. The molecule has 114 valence electrons. The highest BCUT2D eigenvalue weighted by Gasteiger charge is 2.38. The van der Waals surface area contributed by atoms with E-state index in [0.29, 0.717) is 10.2 Å². The van der Waals surface area contributed by atoms with Crippen molar-refractivity contribution in [3.63, 3.8) is 0 Å². The van der Waals surface area contributed by atoms with E-state index in [1.807, 2.05) is 13.8 Å². The minimum atomic E-state index is -4.68. The Morgan fingerprint density at radius 2 is 2.05 bits per heavy atom. The first kappa shape index (κ1) is 17.3. The van der Waals surface area contributed by atoms with Gasteiger partial charge in [-0.15, -0.1) is 0 Å². The predicted octanol–water partition coefficient (Wildman–Crippen LogP) is 3.42. The van der Waals surface area contributed by atoms with Gasteiger partial charge in [0.2, 0.25) is 0 Å². The Labute approximate surface area is 124 Å². The summed E-state index contributed by atoms with van der Waals surface area (Å²) >= 11 is 3.25. The number of hydrogen-bond donors (Lipinski definition) is 2. The molecule has 0 aliphatic heterocycles. The number of aliphatic hydroxyl groups is 1. The van der Waals surface area contributed by atoms with Crippen LogP contribution in [-0.2, 0) is 0 Å². The van der Waals surface area contributed by atoms with Gasteiger partial charge in [-0.3, -0.25) is 0 Å². The first-order valence-electron chi connectivity index (χ1n) is 6.16. The quantitative estimate of drug-likeness (QED) is 0.821. The molecule has 0 saturated heterocycles. The maximum Gasteiger partial charge on any atom is 0.417 e. The van der Waals surface area contributed by atoms with Crippen LogP contribution in [0.3, 0.4) is 0 Å². The number of nitrogens with one attached hydrogen (secondary N) is 1. The van der Waals surface area contributed by atoms with Gasteiger partial charge in [0.05, 0.1) is 0 Å². The molecule has 0 aliphatic rings. The standard InChI is InChI=1S/C13H17BrF3NO2/c1-3-18-8(2)10-5-4-9(14)6-11(10)20-7-12(19)13(15,16)17/h4-6,8,12,18-19H,3,7H2,1-2H3. The fourth-order valence-electron chi connectivity index (χ4n) is 1.67. The fraction of sp³-hybridized carbons (Fsp3) is 0.538. The zero-order valence-corrected chi connectivity index (χ0v) is 12.8. The predicted molar refractivity (Wildman–Crippen MR) is 73.8 cm³/mol. The molecule has 0 fully saturated rings. The van der Waals surface area contributed by atoms with Crippen molar-refractivity contribution in [3.05, 3.63) is 28.2 Å². The lowest BCUT2D eigenvalue weighted by Gasteiger charge is -2.20. The summed E-state index contributed by atoms with van der Waals surface area (Å²) in [6.07, 6.45) is -7.18. The number of hydrogen-bond acceptors (Lipinski definition) is 3. The van der Waals surface area contributed by atoms with Crippen molar-refractivity contribution in [1.29, 1.82) is 0 Å². The Kier molecular flexibility index (Phi) is 6.29. The molecule has 1 aromatic rings. The van der Waals surface area contributed by atoms with E-state index in [9.17, 15) is 13.2 Å². The van der Waals surface area contributed by atoms with E-state index in [-0.39, 0.29) is 6.04 Å². The van der Waals surface area contributed by atoms with Crippen LogP contribution in [-0.4, -0.2) is 30.5 Å². The second kappa shape index (κ2) is 7.28. The van der Waals surface area contributed by atoms with E-state index < -0.39 is 18.9 Å². The molecule has 2 unspecified atom stereocenters. The van der Waals surface area contributed by atoms with Crippen molar-refractivity contribution in [2.75, 3.05) is 13.2 Å². The van der Waals surface area contributed by atoms with Crippen LogP contribution in [0, 0.1) is 0 Å². The topological polar surface area (TPSA) is 41.5 Å². The molecule has 0 aliphatic carbocycles. The zero-order valence-electron chi connectivity index (χ0n) is 11.2. The van der Waals surface area contributed by atoms with E-state index in [2.05, 4.69) is 21.2 Å². The molecule has 0 heterocycles. The molecule has 20 heavy (non-hydrogen) atoms. The number of halogens is 4. The van der Waals surface area contributed by atoms with E-state index in [1.165, 1.54) is 0 Å². The van der Waals surface area contributed by atoms with Gasteiger partial charge in [-0.1, -0.05) is 28.9 Å². The van der Waals surface area contributed by atoms with E-state index in [1.54, 1.807) is 18.2 Å². The summed E-state index contributed by atoms with van der Waals surface area (Å²) in [7, 11) is 0. The molecule has 0 saturated carbocycles. The van der Waals surface area contributed by atoms with Gasteiger partial charge < -0.3 is 15.2 Å². The Balaban J connectivity index is 2.85. The van der Waals surface area contributed by atoms with E-state index >= 15 is 0 Å². The molecule has 0 bridgehead atoms. The molecule has 2 atom stereocenters. The van der Waals surface area contributed by atoms with Gasteiger partial charge >= 0.3 is 6.18 Å². The van der Waals surface area contributed by atoms with Crippen molar-refractivity contribution < 1.29 is 23.0 Å². The van der Waals surface area contributed by atoms with Crippen molar-refractivity contribution in [1.82, 2.24) is 5.32 Å². The van der Waals surface area contributed by atoms with Gasteiger partial charge in [-0.25, -0.2) is 0 Å².